The summed E-state index contributed by atoms with van der Waals surface area (Å²) < 4.78 is 63.6. The summed E-state index contributed by atoms with van der Waals surface area (Å²) in [4.78, 5) is 11.9. The lowest BCUT2D eigenvalue weighted by Crippen LogP contribution is -2.69. The van der Waals surface area contributed by atoms with Gasteiger partial charge in [0.05, 0.1) is 19.3 Å². The molecule has 0 bridgehead atoms. The number of carbonyl (C=O) groups is 1. The lowest BCUT2D eigenvalue weighted by Gasteiger charge is -2.49. The highest BCUT2D eigenvalue weighted by molar-refractivity contribution is 7.80. The van der Waals surface area contributed by atoms with Crippen molar-refractivity contribution in [3.05, 3.63) is 0 Å². The average Bonchev–Trinajstić information content (AvgIpc) is 2.87. The molecule has 10 N–H and O–H groups in total. The van der Waals surface area contributed by atoms with Crippen LogP contribution in [0.15, 0.2) is 0 Å². The summed E-state index contributed by atoms with van der Waals surface area (Å²) in [6.07, 6.45) is -24.5. The largest absolute Gasteiger partial charge is 0.397 e. The van der Waals surface area contributed by atoms with E-state index in [2.05, 4.69) is 9.50 Å². The Labute approximate surface area is 227 Å². The molecule has 3 aliphatic heterocycles. The van der Waals surface area contributed by atoms with Crippen LogP contribution < -0.4 is 5.32 Å². The molecular weight excluding hydrogens is 574 g/mol. The molecular formula is C20H35NO18S. The highest BCUT2D eigenvalue weighted by atomic mass is 32.3. The number of aliphatic hydroxyl groups is 8. The molecule has 0 aliphatic carbocycles. The van der Waals surface area contributed by atoms with Gasteiger partial charge in [-0.2, -0.15) is 8.42 Å². The number of aliphatic hydroxyl groups excluding tert-OH is 8. The van der Waals surface area contributed by atoms with Crippen LogP contribution in [-0.4, -0.2) is 165 Å². The normalized spacial score (nSPS) is 46.6. The Morgan fingerprint density at radius 1 is 0.775 bits per heavy atom. The minimum Gasteiger partial charge on any atom is -0.394 e. The molecule has 0 radical (unpaired) electrons. The van der Waals surface area contributed by atoms with Crippen molar-refractivity contribution in [1.82, 2.24) is 5.32 Å². The van der Waals surface area contributed by atoms with Crippen molar-refractivity contribution in [2.75, 3.05) is 13.2 Å². The Morgan fingerprint density at radius 2 is 1.35 bits per heavy atom. The summed E-state index contributed by atoms with van der Waals surface area (Å²) in [7, 11) is -5.25. The van der Waals surface area contributed by atoms with Crippen molar-refractivity contribution in [2.45, 2.75) is 106 Å². The van der Waals surface area contributed by atoms with E-state index < -0.39 is 122 Å². The highest BCUT2D eigenvalue weighted by Gasteiger charge is 2.55. The number of hydrogen-bond donors (Lipinski definition) is 10. The van der Waals surface area contributed by atoms with Crippen molar-refractivity contribution >= 4 is 16.3 Å². The lowest BCUT2D eigenvalue weighted by atomic mass is 9.94. The quantitative estimate of drug-likeness (QED) is 0.109. The second-order valence-electron chi connectivity index (χ2n) is 9.55. The van der Waals surface area contributed by atoms with Crippen LogP contribution in [0.2, 0.25) is 0 Å². The Hall–Kier alpha value is -1.18. The zero-order valence-electron chi connectivity index (χ0n) is 21.2. The van der Waals surface area contributed by atoms with E-state index in [1.807, 2.05) is 0 Å². The summed E-state index contributed by atoms with van der Waals surface area (Å²) >= 11 is 0. The molecule has 0 saturated carbocycles. The molecule has 3 aliphatic rings. The van der Waals surface area contributed by atoms with Gasteiger partial charge in [-0.1, -0.05) is 0 Å². The highest BCUT2D eigenvalue weighted by Crippen LogP contribution is 2.33. The summed E-state index contributed by atoms with van der Waals surface area (Å²) in [5.74, 6) is -0.732. The summed E-state index contributed by atoms with van der Waals surface area (Å²) in [6, 6.07) is -1.56. The molecule has 3 heterocycles. The minimum absolute atomic E-state index is 0.732. The molecule has 15 atom stereocenters. The second-order valence-corrected chi connectivity index (χ2v) is 10.6. The molecule has 19 nitrogen and oxygen atoms in total. The predicted molar refractivity (Wildman–Crippen MR) is 122 cm³/mol. The fourth-order valence-corrected chi connectivity index (χ4v) is 5.15. The van der Waals surface area contributed by atoms with Gasteiger partial charge in [-0.25, -0.2) is 4.18 Å². The molecule has 0 aromatic carbocycles. The smallest absolute Gasteiger partial charge is 0.394 e. The van der Waals surface area contributed by atoms with E-state index >= 15 is 0 Å². The molecule has 0 spiro atoms. The maximum absolute atomic E-state index is 11.9. The maximum atomic E-state index is 11.9. The number of carbonyl (C=O) groups excluding carboxylic acids is 1. The van der Waals surface area contributed by atoms with Crippen LogP contribution in [0.4, 0.5) is 0 Å². The van der Waals surface area contributed by atoms with E-state index in [1.54, 1.807) is 0 Å². The molecule has 3 rings (SSSR count). The van der Waals surface area contributed by atoms with Crippen LogP contribution in [0.5, 0.6) is 0 Å². The fraction of sp³-hybridized carbons (Fsp3) is 0.950. The van der Waals surface area contributed by atoms with Crippen molar-refractivity contribution in [1.29, 1.82) is 0 Å². The minimum atomic E-state index is -5.25. The van der Waals surface area contributed by atoms with Gasteiger partial charge in [0.25, 0.3) is 0 Å². The molecule has 0 aromatic heterocycles. The van der Waals surface area contributed by atoms with Crippen LogP contribution in [0.1, 0.15) is 13.8 Å². The van der Waals surface area contributed by atoms with Crippen LogP contribution in [0.25, 0.3) is 0 Å². The Bertz CT molecular complexity index is 956. The van der Waals surface area contributed by atoms with Gasteiger partial charge in [0.15, 0.2) is 18.9 Å². The fourth-order valence-electron chi connectivity index (χ4n) is 4.64. The van der Waals surface area contributed by atoms with Gasteiger partial charge in [0.1, 0.15) is 67.1 Å². The van der Waals surface area contributed by atoms with E-state index in [0.29, 0.717) is 0 Å². The maximum Gasteiger partial charge on any atom is 0.397 e. The first-order valence-corrected chi connectivity index (χ1v) is 13.5. The summed E-state index contributed by atoms with van der Waals surface area (Å²) in [6.45, 7) is 0.602. The van der Waals surface area contributed by atoms with E-state index in [9.17, 15) is 54.1 Å². The number of nitrogens with one attached hydrogen (secondary N) is 1. The monoisotopic (exact) mass is 609 g/mol. The van der Waals surface area contributed by atoms with Gasteiger partial charge < -0.3 is 69.9 Å². The number of ether oxygens (including phenoxy) is 5. The van der Waals surface area contributed by atoms with Gasteiger partial charge in [-0.15, -0.1) is 0 Å². The second kappa shape index (κ2) is 13.4. The van der Waals surface area contributed by atoms with Crippen molar-refractivity contribution in [3.63, 3.8) is 0 Å². The van der Waals surface area contributed by atoms with Crippen LogP contribution in [-0.2, 0) is 43.1 Å². The first-order valence-electron chi connectivity index (χ1n) is 12.1. The third-order valence-corrected chi connectivity index (χ3v) is 7.13. The molecule has 40 heavy (non-hydrogen) atoms. The number of rotatable bonds is 9. The SMILES string of the molecule is CC(=O)N[C@H]1C(O)O[C@H](CO)[C@@H](O[C@H]2O[C@@H](C)[C@@H](O)[C@@H](O)[C@@H]2O)[C@@H]1O[C@@H]1O[C@H](CO)[C@H](O)[C@H](OS(=O)(=O)O)[C@H]1O. The van der Waals surface area contributed by atoms with E-state index in [0.717, 1.165) is 6.92 Å². The van der Waals surface area contributed by atoms with Crippen molar-refractivity contribution in [3.8, 4) is 0 Å². The molecule has 1 amide bonds. The Morgan fingerprint density at radius 3 is 1.90 bits per heavy atom. The average molecular weight is 610 g/mol. The number of amides is 1. The summed E-state index contributed by atoms with van der Waals surface area (Å²) in [5, 5.41) is 84.0. The van der Waals surface area contributed by atoms with Gasteiger partial charge in [-0.05, 0) is 6.92 Å². The topological polar surface area (TPSA) is 301 Å². The zero-order chi connectivity index (χ0) is 30.1. The molecule has 20 heteroatoms. The van der Waals surface area contributed by atoms with E-state index in [1.165, 1.54) is 6.92 Å². The standard InChI is InChI=1S/C20H35NO18S/c1-5-10(25)12(27)13(28)19(34-5)37-15-8(4-23)35-18(30)9(21-6(2)24)16(15)38-20-14(29)17(39-40(31,32)33)11(26)7(3-22)36-20/h5,7-20,22-23,25-30H,3-4H2,1-2H3,(H,21,24)(H,31,32,33)/t5-,7+,8+,9+,10+,11-,12+,13-,14+,15+,16+,17-,18?,19+,20-/m0/s1. The van der Waals surface area contributed by atoms with Gasteiger partial charge in [0, 0.05) is 6.92 Å². The molecule has 1 unspecified atom stereocenters. The van der Waals surface area contributed by atoms with E-state index in [4.69, 9.17) is 28.2 Å². The zero-order valence-corrected chi connectivity index (χ0v) is 22.0. The van der Waals surface area contributed by atoms with Gasteiger partial charge in [0.2, 0.25) is 5.91 Å². The van der Waals surface area contributed by atoms with Gasteiger partial charge in [-0.3, -0.25) is 9.35 Å². The molecule has 0 aromatic rings. The molecule has 3 fully saturated rings. The third-order valence-electron chi connectivity index (χ3n) is 6.66. The number of hydrogen-bond acceptors (Lipinski definition) is 17. The molecule has 3 saturated heterocycles. The van der Waals surface area contributed by atoms with Gasteiger partial charge >= 0.3 is 10.4 Å². The predicted octanol–water partition coefficient (Wildman–Crippen LogP) is -6.57. The van der Waals surface area contributed by atoms with Crippen molar-refractivity contribution in [2.24, 2.45) is 0 Å². The molecule has 234 valence electrons. The van der Waals surface area contributed by atoms with E-state index in [-0.39, 0.29) is 0 Å². The Balaban J connectivity index is 1.97. The Kier molecular flexibility index (Phi) is 11.2. The van der Waals surface area contributed by atoms with Crippen molar-refractivity contribution < 1.29 is 86.5 Å². The first-order chi connectivity index (χ1) is 18.6. The first kappa shape index (κ1) is 33.3. The van der Waals surface area contributed by atoms with Crippen LogP contribution in [0, 0.1) is 0 Å². The van der Waals surface area contributed by atoms with Crippen LogP contribution in [0.3, 0.4) is 0 Å². The van der Waals surface area contributed by atoms with Crippen LogP contribution >= 0.6 is 0 Å². The summed E-state index contributed by atoms with van der Waals surface area (Å²) in [5.41, 5.74) is 0. The third kappa shape index (κ3) is 7.42. The lowest BCUT2D eigenvalue weighted by molar-refractivity contribution is -0.369.